The molecule has 0 spiro atoms. The summed E-state index contributed by atoms with van der Waals surface area (Å²) in [5.74, 6) is 0.727. The highest BCUT2D eigenvalue weighted by Gasteiger charge is 2.16. The minimum atomic E-state index is -0.404. The first-order valence-electron chi connectivity index (χ1n) is 12.3. The maximum absolute atomic E-state index is 13.2. The number of benzene rings is 3. The molecule has 10 nitrogen and oxygen atoms in total. The number of thioether (sulfide) groups is 1. The lowest BCUT2D eigenvalue weighted by Gasteiger charge is -2.14. The molecule has 0 saturated carbocycles. The van der Waals surface area contributed by atoms with Crippen LogP contribution in [0.25, 0.3) is 10.8 Å². The monoisotopic (exact) mass is 554 g/mol. The summed E-state index contributed by atoms with van der Waals surface area (Å²) < 4.78 is 8.32. The lowest BCUT2D eigenvalue weighted by Crippen LogP contribution is -2.23. The number of nitrogens with one attached hydrogen (secondary N) is 1. The van der Waals surface area contributed by atoms with E-state index < -0.39 is 5.91 Å². The molecule has 0 aliphatic carbocycles. The van der Waals surface area contributed by atoms with Crippen molar-refractivity contribution in [2.24, 2.45) is 12.1 Å². The van der Waals surface area contributed by atoms with E-state index in [0.29, 0.717) is 33.4 Å². The predicted octanol–water partition coefficient (Wildman–Crippen LogP) is 3.95. The lowest BCUT2D eigenvalue weighted by atomic mass is 10.1. The number of hydrogen-bond donors (Lipinski definition) is 2. The van der Waals surface area contributed by atoms with Gasteiger partial charge < -0.3 is 14.4 Å². The summed E-state index contributed by atoms with van der Waals surface area (Å²) in [6, 6.07) is 21.4. The van der Waals surface area contributed by atoms with E-state index in [1.807, 2.05) is 35.9 Å². The molecule has 5 rings (SSSR count). The summed E-state index contributed by atoms with van der Waals surface area (Å²) in [4.78, 5) is 25.9. The number of nitrogens with zero attached hydrogens (tertiary/aromatic N) is 5. The number of pyridine rings is 1. The van der Waals surface area contributed by atoms with Crippen molar-refractivity contribution in [1.29, 1.82) is 0 Å². The van der Waals surface area contributed by atoms with Gasteiger partial charge in [0.25, 0.3) is 11.5 Å². The van der Waals surface area contributed by atoms with Crippen molar-refractivity contribution in [2.45, 2.75) is 17.5 Å². The van der Waals surface area contributed by atoms with E-state index in [4.69, 9.17) is 4.74 Å². The Morgan fingerprint density at radius 2 is 1.75 bits per heavy atom. The molecule has 40 heavy (non-hydrogen) atoms. The molecular formula is C29H26N6O4S. The van der Waals surface area contributed by atoms with Crippen LogP contribution in [-0.2, 0) is 19.3 Å². The second kappa shape index (κ2) is 11.9. The van der Waals surface area contributed by atoms with Gasteiger partial charge in [0.1, 0.15) is 12.1 Å². The Bertz CT molecular complexity index is 1740. The van der Waals surface area contributed by atoms with E-state index in [2.05, 4.69) is 20.7 Å². The van der Waals surface area contributed by atoms with Gasteiger partial charge in [-0.25, -0.2) is 5.43 Å². The van der Waals surface area contributed by atoms with Crippen LogP contribution in [-0.4, -0.2) is 43.7 Å². The first kappa shape index (κ1) is 26.7. The summed E-state index contributed by atoms with van der Waals surface area (Å²) >= 11 is 1.55. The number of fused-ring (bicyclic) bond motifs is 1. The number of rotatable bonds is 9. The van der Waals surface area contributed by atoms with Gasteiger partial charge in [0.2, 0.25) is 5.88 Å². The summed E-state index contributed by atoms with van der Waals surface area (Å²) in [6.45, 7) is 0.147. The fourth-order valence-electron chi connectivity index (χ4n) is 4.12. The van der Waals surface area contributed by atoms with Crippen LogP contribution in [0, 0.1) is 0 Å². The number of hydrogen-bond acceptors (Lipinski definition) is 8. The molecule has 2 aromatic heterocycles. The van der Waals surface area contributed by atoms with Crippen molar-refractivity contribution < 1.29 is 14.6 Å². The Kier molecular flexibility index (Phi) is 7.92. The van der Waals surface area contributed by atoms with E-state index in [-0.39, 0.29) is 18.0 Å². The number of amides is 1. The van der Waals surface area contributed by atoms with Crippen molar-refractivity contribution in [1.82, 2.24) is 24.8 Å². The normalized spacial score (nSPS) is 11.2. The average Bonchev–Trinajstić information content (AvgIpc) is 3.40. The van der Waals surface area contributed by atoms with Crippen molar-refractivity contribution in [3.05, 3.63) is 112 Å². The number of methoxy groups -OCH3 is 1. The van der Waals surface area contributed by atoms with E-state index in [9.17, 15) is 14.7 Å². The van der Waals surface area contributed by atoms with Crippen molar-refractivity contribution in [3.8, 4) is 11.6 Å². The number of ether oxygens (including phenoxy) is 1. The molecule has 0 aliphatic rings. The summed E-state index contributed by atoms with van der Waals surface area (Å²) in [6.07, 6.45) is 3.00. The van der Waals surface area contributed by atoms with Crippen LogP contribution in [0.4, 0.5) is 0 Å². The molecule has 5 aromatic rings. The van der Waals surface area contributed by atoms with Crippen LogP contribution < -0.4 is 15.7 Å². The second-order valence-electron chi connectivity index (χ2n) is 8.93. The molecule has 0 aliphatic heterocycles. The van der Waals surface area contributed by atoms with Gasteiger partial charge in [-0.1, -0.05) is 54.2 Å². The molecule has 0 saturated heterocycles. The third kappa shape index (κ3) is 5.74. The first-order chi connectivity index (χ1) is 19.4. The van der Waals surface area contributed by atoms with Gasteiger partial charge in [-0.2, -0.15) is 5.10 Å². The minimum absolute atomic E-state index is 0.147. The molecule has 2 N–H and O–H groups in total. The largest absolute Gasteiger partial charge is 0.497 e. The summed E-state index contributed by atoms with van der Waals surface area (Å²) in [5.41, 5.74) is 4.77. The van der Waals surface area contributed by atoms with Gasteiger partial charge in [-0.05, 0) is 41.5 Å². The standard InChI is InChI=1S/C29H26N6O4S/c1-34-18-31-33-29(34)40-17-20-7-11-21(12-8-20)26(36)32-30-15-25-23-5-3-4-6-24(23)27(37)35(28(25)38)16-19-9-13-22(39-2)14-10-19/h3-15,18,38H,16-17H2,1-2H3,(H,32,36). The van der Waals surface area contributed by atoms with Crippen molar-refractivity contribution in [2.75, 3.05) is 7.11 Å². The van der Waals surface area contributed by atoms with Crippen LogP contribution in [0.1, 0.15) is 27.0 Å². The zero-order valence-corrected chi connectivity index (χ0v) is 22.6. The highest BCUT2D eigenvalue weighted by molar-refractivity contribution is 7.98. The van der Waals surface area contributed by atoms with E-state index in [1.165, 1.54) is 10.8 Å². The molecule has 2 heterocycles. The fraction of sp³-hybridized carbons (Fsp3) is 0.138. The van der Waals surface area contributed by atoms with Gasteiger partial charge in [0.05, 0.1) is 25.4 Å². The van der Waals surface area contributed by atoms with Crippen molar-refractivity contribution in [3.63, 3.8) is 0 Å². The third-order valence-electron chi connectivity index (χ3n) is 6.30. The maximum Gasteiger partial charge on any atom is 0.271 e. The Morgan fingerprint density at radius 1 is 1.05 bits per heavy atom. The van der Waals surface area contributed by atoms with Crippen LogP contribution in [0.3, 0.4) is 0 Å². The molecule has 0 unspecified atom stereocenters. The first-order valence-corrected chi connectivity index (χ1v) is 13.3. The number of aromatic nitrogens is 4. The van der Waals surface area contributed by atoms with Crippen LogP contribution in [0.5, 0.6) is 11.6 Å². The van der Waals surface area contributed by atoms with Crippen LogP contribution in [0.2, 0.25) is 0 Å². The van der Waals surface area contributed by atoms with E-state index >= 15 is 0 Å². The van der Waals surface area contributed by atoms with Gasteiger partial charge >= 0.3 is 0 Å². The molecule has 0 atom stereocenters. The van der Waals surface area contributed by atoms with Gasteiger partial charge in [-0.3, -0.25) is 14.2 Å². The van der Waals surface area contributed by atoms with Gasteiger partial charge in [0, 0.05) is 29.1 Å². The maximum atomic E-state index is 13.2. The van der Waals surface area contributed by atoms with Gasteiger partial charge in [0.15, 0.2) is 5.16 Å². The fourth-order valence-corrected chi connectivity index (χ4v) is 4.97. The number of aromatic hydroxyl groups is 1. The minimum Gasteiger partial charge on any atom is -0.497 e. The van der Waals surface area contributed by atoms with E-state index in [1.54, 1.807) is 73.7 Å². The molecule has 1 amide bonds. The Morgan fingerprint density at radius 3 is 2.42 bits per heavy atom. The van der Waals surface area contributed by atoms with Crippen LogP contribution in [0.15, 0.2) is 94.2 Å². The number of hydrazone groups is 1. The number of aryl methyl sites for hydroxylation is 1. The highest BCUT2D eigenvalue weighted by atomic mass is 32.2. The average molecular weight is 555 g/mol. The van der Waals surface area contributed by atoms with Gasteiger partial charge in [-0.15, -0.1) is 10.2 Å². The molecule has 0 radical (unpaired) electrons. The quantitative estimate of drug-likeness (QED) is 0.161. The Labute approximate surface area is 233 Å². The van der Waals surface area contributed by atoms with E-state index in [0.717, 1.165) is 16.3 Å². The van der Waals surface area contributed by atoms with Crippen molar-refractivity contribution >= 4 is 34.7 Å². The number of carbonyl (C=O) groups excluding carboxylic acids is 1. The summed E-state index contributed by atoms with van der Waals surface area (Å²) in [7, 11) is 3.46. The highest BCUT2D eigenvalue weighted by Crippen LogP contribution is 2.24. The Balaban J connectivity index is 1.33. The SMILES string of the molecule is COc1ccc(Cn2c(O)c(C=NNC(=O)c3ccc(CSc4nncn4C)cc3)c3ccccc3c2=O)cc1. The summed E-state index contributed by atoms with van der Waals surface area (Å²) in [5, 5.41) is 24.9. The third-order valence-corrected chi connectivity index (χ3v) is 7.41. The Hall–Kier alpha value is -4.90. The molecule has 202 valence electrons. The zero-order valence-electron chi connectivity index (χ0n) is 21.8. The molecule has 0 bridgehead atoms. The molecule has 0 fully saturated rings. The second-order valence-corrected chi connectivity index (χ2v) is 9.87. The topological polar surface area (TPSA) is 124 Å². The lowest BCUT2D eigenvalue weighted by molar-refractivity contribution is 0.0955. The molecule has 3 aromatic carbocycles. The predicted molar refractivity (Wildman–Crippen MR) is 154 cm³/mol. The van der Waals surface area contributed by atoms with Crippen LogP contribution >= 0.6 is 11.8 Å². The zero-order chi connectivity index (χ0) is 28.1. The molecule has 11 heteroatoms. The smallest absolute Gasteiger partial charge is 0.271 e. The molecular weight excluding hydrogens is 528 g/mol. The number of carbonyl (C=O) groups is 1.